The normalized spacial score (nSPS) is 26.6. The fraction of sp³-hybridized carbons (Fsp3) is 0.556. The molecule has 3 unspecified atom stereocenters. The van der Waals surface area contributed by atoms with E-state index in [0.717, 1.165) is 23.3 Å². The smallest absolute Gasteiger partial charge is 0.308 e. The third-order valence-electron chi connectivity index (χ3n) is 5.14. The molecule has 2 heterocycles. The van der Waals surface area contributed by atoms with Crippen molar-refractivity contribution in [3.63, 3.8) is 0 Å². The first-order chi connectivity index (χ1) is 10.9. The van der Waals surface area contributed by atoms with Gasteiger partial charge in [-0.25, -0.2) is 0 Å². The summed E-state index contributed by atoms with van der Waals surface area (Å²) >= 11 is 0. The number of aliphatic carboxylic acids is 1. The van der Waals surface area contributed by atoms with E-state index in [0.29, 0.717) is 12.8 Å². The average molecular weight is 317 g/mol. The average Bonchev–Trinajstić information content (AvgIpc) is 2.90. The number of fused-ring (bicyclic) bond motifs is 1. The molecular formula is C18H23NO4. The zero-order valence-corrected chi connectivity index (χ0v) is 13.8. The second-order valence-electron chi connectivity index (χ2n) is 6.81. The molecule has 0 saturated carbocycles. The lowest BCUT2D eigenvalue weighted by Crippen LogP contribution is -2.51. The van der Waals surface area contributed by atoms with E-state index < -0.39 is 18.0 Å². The number of carbonyl (C=O) groups is 2. The van der Waals surface area contributed by atoms with Gasteiger partial charge in [0.2, 0.25) is 0 Å². The number of carboxylic acid groups (broad SMARTS) is 1. The number of rotatable bonds is 2. The van der Waals surface area contributed by atoms with Crippen LogP contribution in [0, 0.1) is 19.8 Å². The summed E-state index contributed by atoms with van der Waals surface area (Å²) in [5.74, 6) is -0.596. The lowest BCUT2D eigenvalue weighted by atomic mass is 9.93. The summed E-state index contributed by atoms with van der Waals surface area (Å²) < 4.78 is 5.86. The van der Waals surface area contributed by atoms with E-state index in [1.807, 2.05) is 19.9 Å². The molecule has 2 aliphatic heterocycles. The molecule has 0 aliphatic carbocycles. The van der Waals surface area contributed by atoms with Gasteiger partial charge in [-0.15, -0.1) is 0 Å². The van der Waals surface area contributed by atoms with Gasteiger partial charge in [0.25, 0.3) is 5.91 Å². The number of ether oxygens (including phenoxy) is 1. The van der Waals surface area contributed by atoms with Crippen molar-refractivity contribution in [2.45, 2.75) is 52.2 Å². The van der Waals surface area contributed by atoms with Gasteiger partial charge in [-0.05, 0) is 56.4 Å². The highest BCUT2D eigenvalue weighted by molar-refractivity contribution is 5.84. The fourth-order valence-corrected chi connectivity index (χ4v) is 3.45. The zero-order valence-electron chi connectivity index (χ0n) is 13.8. The van der Waals surface area contributed by atoms with Crippen molar-refractivity contribution in [1.29, 1.82) is 0 Å². The maximum absolute atomic E-state index is 12.8. The number of carboxylic acids is 1. The highest BCUT2D eigenvalue weighted by Crippen LogP contribution is 2.33. The van der Waals surface area contributed by atoms with Gasteiger partial charge >= 0.3 is 5.97 Å². The Morgan fingerprint density at radius 3 is 2.61 bits per heavy atom. The molecule has 1 aromatic carbocycles. The van der Waals surface area contributed by atoms with Crippen LogP contribution in [0.25, 0.3) is 0 Å². The molecule has 5 heteroatoms. The minimum absolute atomic E-state index is 0.0638. The highest BCUT2D eigenvalue weighted by atomic mass is 16.5. The molecule has 2 aliphatic rings. The maximum Gasteiger partial charge on any atom is 0.308 e. The number of likely N-dealkylation sites (tertiary alicyclic amines) is 1. The standard InChI is InChI=1S/C18H23NO4/c1-10-6-14-8-16(23-15(14)7-11(10)2)17(20)19-9-13(18(21)22)5-4-12(19)3/h6-7,12-13,16H,4-5,8-9H2,1-3H3,(H,21,22). The molecule has 1 amide bonds. The Kier molecular flexibility index (Phi) is 4.04. The number of hydrogen-bond donors (Lipinski definition) is 1. The number of aryl methyl sites for hydroxylation is 2. The molecule has 0 aromatic heterocycles. The molecule has 5 nitrogen and oxygen atoms in total. The van der Waals surface area contributed by atoms with Crippen LogP contribution < -0.4 is 4.74 Å². The number of hydrogen-bond acceptors (Lipinski definition) is 3. The van der Waals surface area contributed by atoms with E-state index in [-0.39, 0.29) is 18.5 Å². The number of carbonyl (C=O) groups excluding carboxylic acids is 1. The van der Waals surface area contributed by atoms with Crippen molar-refractivity contribution in [2.24, 2.45) is 5.92 Å². The van der Waals surface area contributed by atoms with Crippen molar-refractivity contribution in [2.75, 3.05) is 6.54 Å². The molecule has 1 saturated heterocycles. The van der Waals surface area contributed by atoms with Crippen LogP contribution in [0.5, 0.6) is 5.75 Å². The number of nitrogens with zero attached hydrogens (tertiary/aromatic N) is 1. The van der Waals surface area contributed by atoms with Crippen molar-refractivity contribution in [3.05, 3.63) is 28.8 Å². The van der Waals surface area contributed by atoms with E-state index >= 15 is 0 Å². The predicted molar refractivity (Wildman–Crippen MR) is 85.6 cm³/mol. The molecule has 0 radical (unpaired) electrons. The van der Waals surface area contributed by atoms with Crippen molar-refractivity contribution >= 4 is 11.9 Å². The Morgan fingerprint density at radius 2 is 1.91 bits per heavy atom. The quantitative estimate of drug-likeness (QED) is 0.909. The topological polar surface area (TPSA) is 66.8 Å². The van der Waals surface area contributed by atoms with Gasteiger partial charge in [0.15, 0.2) is 6.10 Å². The van der Waals surface area contributed by atoms with Crippen LogP contribution in [-0.4, -0.2) is 40.6 Å². The van der Waals surface area contributed by atoms with Gasteiger partial charge in [-0.1, -0.05) is 6.07 Å². The van der Waals surface area contributed by atoms with Gasteiger partial charge in [0, 0.05) is 19.0 Å². The Labute approximate surface area is 136 Å². The zero-order chi connectivity index (χ0) is 16.7. The third-order valence-corrected chi connectivity index (χ3v) is 5.14. The second-order valence-corrected chi connectivity index (χ2v) is 6.81. The van der Waals surface area contributed by atoms with E-state index in [4.69, 9.17) is 4.74 Å². The summed E-state index contributed by atoms with van der Waals surface area (Å²) in [6.45, 7) is 6.34. The molecule has 1 fully saturated rings. The first-order valence-corrected chi connectivity index (χ1v) is 8.17. The summed E-state index contributed by atoms with van der Waals surface area (Å²) in [5, 5.41) is 9.22. The first kappa shape index (κ1) is 15.8. The van der Waals surface area contributed by atoms with E-state index in [1.165, 1.54) is 5.56 Å². The number of amides is 1. The third kappa shape index (κ3) is 2.92. The Balaban J connectivity index is 1.75. The van der Waals surface area contributed by atoms with E-state index in [1.54, 1.807) is 4.90 Å². The first-order valence-electron chi connectivity index (χ1n) is 8.17. The summed E-state index contributed by atoms with van der Waals surface area (Å²) in [6.07, 6.45) is 1.39. The van der Waals surface area contributed by atoms with Crippen LogP contribution in [0.15, 0.2) is 12.1 Å². The van der Waals surface area contributed by atoms with Gasteiger partial charge in [0.05, 0.1) is 5.92 Å². The largest absolute Gasteiger partial charge is 0.481 e. The molecule has 0 bridgehead atoms. The molecule has 3 atom stereocenters. The maximum atomic E-state index is 12.8. The van der Waals surface area contributed by atoms with Gasteiger partial charge < -0.3 is 14.7 Å². The number of benzene rings is 1. The monoisotopic (exact) mass is 317 g/mol. The van der Waals surface area contributed by atoms with Crippen LogP contribution in [-0.2, 0) is 16.0 Å². The fourth-order valence-electron chi connectivity index (χ4n) is 3.45. The van der Waals surface area contributed by atoms with Crippen LogP contribution in [0.4, 0.5) is 0 Å². The summed E-state index contributed by atoms with van der Waals surface area (Å²) in [5.41, 5.74) is 3.40. The van der Waals surface area contributed by atoms with E-state index in [9.17, 15) is 14.7 Å². The molecule has 1 aromatic rings. The number of piperidine rings is 1. The SMILES string of the molecule is Cc1cc2c(cc1C)OC(C(=O)N1CC(C(=O)O)CCC1C)C2. The lowest BCUT2D eigenvalue weighted by Gasteiger charge is -2.37. The van der Waals surface area contributed by atoms with Crippen LogP contribution >= 0.6 is 0 Å². The van der Waals surface area contributed by atoms with Crippen molar-refractivity contribution in [1.82, 2.24) is 4.90 Å². The minimum atomic E-state index is -0.823. The second kappa shape index (κ2) is 5.87. The van der Waals surface area contributed by atoms with Crippen LogP contribution in [0.3, 0.4) is 0 Å². The molecule has 3 rings (SSSR count). The van der Waals surface area contributed by atoms with Gasteiger partial charge in [-0.2, -0.15) is 0 Å². The molecule has 0 spiro atoms. The van der Waals surface area contributed by atoms with Crippen LogP contribution in [0.1, 0.15) is 36.5 Å². The Bertz CT molecular complexity index is 624. The Hall–Kier alpha value is -2.04. The summed E-state index contributed by atoms with van der Waals surface area (Å²) in [6, 6.07) is 4.13. The molecule has 23 heavy (non-hydrogen) atoms. The van der Waals surface area contributed by atoms with E-state index in [2.05, 4.69) is 13.0 Å². The van der Waals surface area contributed by atoms with Crippen molar-refractivity contribution in [3.8, 4) is 5.75 Å². The van der Waals surface area contributed by atoms with Gasteiger partial charge in [0.1, 0.15) is 5.75 Å². The minimum Gasteiger partial charge on any atom is -0.481 e. The summed E-state index contributed by atoms with van der Waals surface area (Å²) in [4.78, 5) is 25.8. The van der Waals surface area contributed by atoms with Crippen LogP contribution in [0.2, 0.25) is 0 Å². The van der Waals surface area contributed by atoms with Gasteiger partial charge in [-0.3, -0.25) is 9.59 Å². The Morgan fingerprint density at radius 1 is 1.22 bits per heavy atom. The van der Waals surface area contributed by atoms with Crippen molar-refractivity contribution < 1.29 is 19.4 Å². The molecule has 124 valence electrons. The molecular weight excluding hydrogens is 294 g/mol. The molecule has 1 N–H and O–H groups in total. The highest BCUT2D eigenvalue weighted by Gasteiger charge is 2.38. The summed E-state index contributed by atoms with van der Waals surface area (Å²) in [7, 11) is 0. The lowest BCUT2D eigenvalue weighted by molar-refractivity contribution is -0.149. The predicted octanol–water partition coefficient (Wildman–Crippen LogP) is 2.32.